The normalized spacial score (nSPS) is 16.6. The Hall–Kier alpha value is -1.98. The van der Waals surface area contributed by atoms with Crippen molar-refractivity contribution in [3.63, 3.8) is 0 Å². The molecule has 1 fully saturated rings. The van der Waals surface area contributed by atoms with Gasteiger partial charge in [0.05, 0.1) is 25.2 Å². The van der Waals surface area contributed by atoms with Crippen LogP contribution in [0.2, 0.25) is 0 Å². The van der Waals surface area contributed by atoms with Crippen LogP contribution in [0.15, 0.2) is 36.5 Å². The molecule has 1 aliphatic rings. The molecule has 3 rings (SSSR count). The SMILES string of the molecule is CCC(CC)[C@H](CNC(=O)Cc1cccc2cccnc12)N1CCOCC1. The number of nitrogens with one attached hydrogen (secondary N) is 1. The third kappa shape index (κ3) is 5.05. The largest absolute Gasteiger partial charge is 0.379 e. The van der Waals surface area contributed by atoms with Crippen LogP contribution in [0, 0.1) is 5.92 Å². The highest BCUT2D eigenvalue weighted by molar-refractivity contribution is 5.87. The fraction of sp³-hybridized carbons (Fsp3) is 0.545. The monoisotopic (exact) mass is 369 g/mol. The van der Waals surface area contributed by atoms with Gasteiger partial charge in [-0.15, -0.1) is 0 Å². The quantitative estimate of drug-likeness (QED) is 0.777. The number of pyridine rings is 1. The minimum Gasteiger partial charge on any atom is -0.379 e. The van der Waals surface area contributed by atoms with Crippen LogP contribution in [0.4, 0.5) is 0 Å². The van der Waals surface area contributed by atoms with Crippen LogP contribution in [0.25, 0.3) is 10.9 Å². The average molecular weight is 370 g/mol. The summed E-state index contributed by atoms with van der Waals surface area (Å²) in [7, 11) is 0. The molecule has 1 atom stereocenters. The molecule has 146 valence electrons. The van der Waals surface area contributed by atoms with E-state index in [4.69, 9.17) is 4.74 Å². The second-order valence-corrected chi connectivity index (χ2v) is 7.27. The fourth-order valence-electron chi connectivity index (χ4n) is 4.10. The van der Waals surface area contributed by atoms with Crippen LogP contribution >= 0.6 is 0 Å². The number of rotatable bonds is 8. The van der Waals surface area contributed by atoms with E-state index < -0.39 is 0 Å². The Bertz CT molecular complexity index is 734. The molecule has 27 heavy (non-hydrogen) atoms. The van der Waals surface area contributed by atoms with E-state index in [2.05, 4.69) is 29.0 Å². The second-order valence-electron chi connectivity index (χ2n) is 7.27. The van der Waals surface area contributed by atoms with E-state index in [-0.39, 0.29) is 5.91 Å². The minimum absolute atomic E-state index is 0.0670. The number of hydrogen-bond acceptors (Lipinski definition) is 4. The van der Waals surface area contributed by atoms with E-state index in [9.17, 15) is 4.79 Å². The molecule has 1 N–H and O–H groups in total. The number of hydrogen-bond donors (Lipinski definition) is 1. The summed E-state index contributed by atoms with van der Waals surface area (Å²) < 4.78 is 5.51. The first-order chi connectivity index (χ1) is 13.2. The standard InChI is InChI=1S/C22H31N3O2/c1-3-17(4-2)20(25-11-13-27-14-12-25)16-24-21(26)15-19-8-5-7-18-9-6-10-23-22(18)19/h5-10,17,20H,3-4,11-16H2,1-2H3,(H,24,26)/t20-/m0/s1. The van der Waals surface area contributed by atoms with Crippen molar-refractivity contribution in [2.24, 2.45) is 5.92 Å². The number of carbonyl (C=O) groups is 1. The van der Waals surface area contributed by atoms with E-state index in [0.29, 0.717) is 24.9 Å². The summed E-state index contributed by atoms with van der Waals surface area (Å²) in [6.07, 6.45) is 4.40. The Kier molecular flexibility index (Phi) is 7.18. The van der Waals surface area contributed by atoms with Crippen molar-refractivity contribution in [3.05, 3.63) is 42.1 Å². The highest BCUT2D eigenvalue weighted by Crippen LogP contribution is 2.20. The van der Waals surface area contributed by atoms with E-state index >= 15 is 0 Å². The number of carbonyl (C=O) groups excluding carboxylic acids is 1. The highest BCUT2D eigenvalue weighted by Gasteiger charge is 2.27. The van der Waals surface area contributed by atoms with Crippen LogP contribution in [-0.2, 0) is 16.0 Å². The van der Waals surface area contributed by atoms with Gasteiger partial charge in [0, 0.05) is 37.3 Å². The zero-order valence-corrected chi connectivity index (χ0v) is 16.5. The van der Waals surface area contributed by atoms with E-state index in [1.54, 1.807) is 6.20 Å². The summed E-state index contributed by atoms with van der Waals surface area (Å²) in [6, 6.07) is 10.4. The van der Waals surface area contributed by atoms with Crippen molar-refractivity contribution >= 4 is 16.8 Å². The molecule has 5 nitrogen and oxygen atoms in total. The molecule has 2 aromatic rings. The Morgan fingerprint density at radius 1 is 1.19 bits per heavy atom. The summed E-state index contributed by atoms with van der Waals surface area (Å²) in [4.78, 5) is 19.6. The number of fused-ring (bicyclic) bond motifs is 1. The molecule has 0 bridgehead atoms. The summed E-state index contributed by atoms with van der Waals surface area (Å²) in [5.74, 6) is 0.653. The maximum absolute atomic E-state index is 12.7. The molecular weight excluding hydrogens is 338 g/mol. The van der Waals surface area contributed by atoms with Gasteiger partial charge in [-0.2, -0.15) is 0 Å². The van der Waals surface area contributed by atoms with Crippen LogP contribution in [0.3, 0.4) is 0 Å². The number of nitrogens with zero attached hydrogens (tertiary/aromatic N) is 2. The predicted molar refractivity (Wildman–Crippen MR) is 109 cm³/mol. The van der Waals surface area contributed by atoms with Crippen LogP contribution in [0.5, 0.6) is 0 Å². The van der Waals surface area contributed by atoms with Crippen LogP contribution < -0.4 is 5.32 Å². The smallest absolute Gasteiger partial charge is 0.224 e. The first-order valence-corrected chi connectivity index (χ1v) is 10.1. The lowest BCUT2D eigenvalue weighted by Gasteiger charge is -2.38. The van der Waals surface area contributed by atoms with Crippen LogP contribution in [-0.4, -0.2) is 54.7 Å². The molecule has 1 aromatic carbocycles. The van der Waals surface area contributed by atoms with E-state index in [1.165, 1.54) is 0 Å². The summed E-state index contributed by atoms with van der Waals surface area (Å²) >= 11 is 0. The van der Waals surface area contributed by atoms with Gasteiger partial charge in [-0.05, 0) is 17.5 Å². The maximum Gasteiger partial charge on any atom is 0.224 e. The number of benzene rings is 1. The van der Waals surface area contributed by atoms with Gasteiger partial charge >= 0.3 is 0 Å². The topological polar surface area (TPSA) is 54.5 Å². The average Bonchev–Trinajstić information content (AvgIpc) is 2.72. The van der Waals surface area contributed by atoms with Gasteiger partial charge in [-0.25, -0.2) is 0 Å². The van der Waals surface area contributed by atoms with Crippen molar-refractivity contribution in [2.75, 3.05) is 32.8 Å². The van der Waals surface area contributed by atoms with Crippen molar-refractivity contribution in [1.82, 2.24) is 15.2 Å². The van der Waals surface area contributed by atoms with E-state index in [0.717, 1.165) is 55.6 Å². The van der Waals surface area contributed by atoms with E-state index in [1.807, 2.05) is 30.3 Å². The maximum atomic E-state index is 12.7. The summed E-state index contributed by atoms with van der Waals surface area (Å²) in [5, 5.41) is 4.27. The summed E-state index contributed by atoms with van der Waals surface area (Å²) in [5.41, 5.74) is 1.90. The molecule has 1 amide bonds. The van der Waals surface area contributed by atoms with Crippen molar-refractivity contribution in [2.45, 2.75) is 39.2 Å². The molecule has 0 aliphatic carbocycles. The summed E-state index contributed by atoms with van der Waals surface area (Å²) in [6.45, 7) is 8.65. The van der Waals surface area contributed by atoms with Gasteiger partial charge in [0.2, 0.25) is 5.91 Å². The molecule has 1 saturated heterocycles. The number of para-hydroxylation sites is 1. The van der Waals surface area contributed by atoms with Gasteiger partial charge in [0.25, 0.3) is 0 Å². The Balaban J connectivity index is 1.64. The van der Waals surface area contributed by atoms with Gasteiger partial charge < -0.3 is 10.1 Å². The first-order valence-electron chi connectivity index (χ1n) is 10.1. The molecule has 5 heteroatoms. The highest BCUT2D eigenvalue weighted by atomic mass is 16.5. The molecule has 1 aromatic heterocycles. The van der Waals surface area contributed by atoms with Crippen LogP contribution in [0.1, 0.15) is 32.3 Å². The number of ether oxygens (including phenoxy) is 1. The molecule has 0 radical (unpaired) electrons. The zero-order valence-electron chi connectivity index (χ0n) is 16.5. The van der Waals surface area contributed by atoms with Gasteiger partial charge in [-0.1, -0.05) is 51.0 Å². The number of amides is 1. The minimum atomic E-state index is 0.0670. The molecule has 0 spiro atoms. The Morgan fingerprint density at radius 3 is 2.67 bits per heavy atom. The van der Waals surface area contributed by atoms with Crippen molar-refractivity contribution in [1.29, 1.82) is 0 Å². The van der Waals surface area contributed by atoms with Crippen molar-refractivity contribution < 1.29 is 9.53 Å². The lowest BCUT2D eigenvalue weighted by molar-refractivity contribution is -0.120. The first kappa shape index (κ1) is 19.8. The molecule has 2 heterocycles. The lowest BCUT2D eigenvalue weighted by Crippen LogP contribution is -2.52. The molecule has 0 unspecified atom stereocenters. The van der Waals surface area contributed by atoms with Crippen molar-refractivity contribution in [3.8, 4) is 0 Å². The number of aromatic nitrogens is 1. The third-order valence-electron chi connectivity index (χ3n) is 5.68. The molecular formula is C22H31N3O2. The Labute approximate surface area is 162 Å². The van der Waals surface area contributed by atoms with Gasteiger partial charge in [0.15, 0.2) is 0 Å². The molecule has 0 saturated carbocycles. The lowest BCUT2D eigenvalue weighted by atomic mass is 9.92. The zero-order chi connectivity index (χ0) is 19.1. The fourth-order valence-corrected chi connectivity index (χ4v) is 4.10. The number of morpholine rings is 1. The Morgan fingerprint density at radius 2 is 1.93 bits per heavy atom. The molecule has 1 aliphatic heterocycles. The van der Waals surface area contributed by atoms with Gasteiger partial charge in [0.1, 0.15) is 0 Å². The third-order valence-corrected chi connectivity index (χ3v) is 5.68. The second kappa shape index (κ2) is 9.81. The predicted octanol–water partition coefficient (Wildman–Crippen LogP) is 3.03. The van der Waals surface area contributed by atoms with Gasteiger partial charge in [-0.3, -0.25) is 14.7 Å².